The Morgan fingerprint density at radius 3 is 2.50 bits per heavy atom. The van der Waals surface area contributed by atoms with E-state index in [2.05, 4.69) is 44.8 Å². The highest BCUT2D eigenvalue weighted by molar-refractivity contribution is 5.02. The van der Waals surface area contributed by atoms with Crippen LogP contribution in [0.4, 0.5) is 0 Å². The number of nitrogens with one attached hydrogen (secondary N) is 1. The molecule has 1 N–H and O–H groups in total. The predicted molar refractivity (Wildman–Crippen MR) is 71.4 cm³/mol. The molecule has 0 heterocycles. The Morgan fingerprint density at radius 2 is 1.94 bits per heavy atom. The average Bonchev–Trinajstić information content (AvgIpc) is 2.17. The number of allylic oxidation sites excluding steroid dienone is 3. The van der Waals surface area contributed by atoms with Crippen LogP contribution in [0.5, 0.6) is 0 Å². The summed E-state index contributed by atoms with van der Waals surface area (Å²) in [6.45, 7) is 11.5. The molecule has 16 heavy (non-hydrogen) atoms. The molecule has 0 radical (unpaired) electrons. The molecule has 0 fully saturated rings. The summed E-state index contributed by atoms with van der Waals surface area (Å²) in [6.07, 6.45) is 6.60. The second kappa shape index (κ2) is 9.22. The summed E-state index contributed by atoms with van der Waals surface area (Å²) in [5.74, 6) is 0.788. The first-order valence-corrected chi connectivity index (χ1v) is 5.80. The third-order valence-electron chi connectivity index (χ3n) is 2.18. The third-order valence-corrected chi connectivity index (χ3v) is 2.18. The van der Waals surface area contributed by atoms with Crippen LogP contribution in [-0.2, 0) is 4.74 Å². The van der Waals surface area contributed by atoms with Gasteiger partial charge in [0.05, 0.1) is 6.54 Å². The van der Waals surface area contributed by atoms with Gasteiger partial charge in [0.2, 0.25) is 0 Å². The summed E-state index contributed by atoms with van der Waals surface area (Å²) < 4.78 is 5.43. The molecule has 2 heteroatoms. The van der Waals surface area contributed by atoms with Crippen molar-refractivity contribution in [3.63, 3.8) is 0 Å². The standard InChI is InChI=1S/C14H25NO/c1-12(2)7-6-8-13(3)9-10-16-14(4)11-15-5/h7,9,15H,4,6,8,10-11H2,1-3,5H3/b13-9+. The van der Waals surface area contributed by atoms with Crippen LogP contribution in [0.1, 0.15) is 33.6 Å². The first-order valence-electron chi connectivity index (χ1n) is 5.80. The lowest BCUT2D eigenvalue weighted by molar-refractivity contribution is 0.241. The molecule has 0 bridgehead atoms. The quantitative estimate of drug-likeness (QED) is 0.503. The van der Waals surface area contributed by atoms with E-state index in [1.807, 2.05) is 7.05 Å². The van der Waals surface area contributed by atoms with E-state index in [9.17, 15) is 0 Å². The monoisotopic (exact) mass is 223 g/mol. The van der Waals surface area contributed by atoms with Gasteiger partial charge in [-0.25, -0.2) is 0 Å². The molecule has 92 valence electrons. The summed E-state index contributed by atoms with van der Waals surface area (Å²) in [5.41, 5.74) is 2.75. The van der Waals surface area contributed by atoms with E-state index in [0.29, 0.717) is 13.2 Å². The van der Waals surface area contributed by atoms with Gasteiger partial charge in [-0.1, -0.05) is 23.8 Å². The van der Waals surface area contributed by atoms with Gasteiger partial charge in [0, 0.05) is 0 Å². The van der Waals surface area contributed by atoms with E-state index in [-0.39, 0.29) is 0 Å². The van der Waals surface area contributed by atoms with Crippen LogP contribution >= 0.6 is 0 Å². The van der Waals surface area contributed by atoms with Crippen LogP contribution in [-0.4, -0.2) is 20.2 Å². The normalized spacial score (nSPS) is 11.1. The lowest BCUT2D eigenvalue weighted by Gasteiger charge is -2.06. The van der Waals surface area contributed by atoms with E-state index in [1.54, 1.807) is 0 Å². The van der Waals surface area contributed by atoms with E-state index in [1.165, 1.54) is 11.1 Å². The molecule has 0 aliphatic rings. The highest BCUT2D eigenvalue weighted by atomic mass is 16.5. The molecule has 0 saturated carbocycles. The van der Waals surface area contributed by atoms with Crippen molar-refractivity contribution in [2.45, 2.75) is 33.6 Å². The minimum absolute atomic E-state index is 0.626. The van der Waals surface area contributed by atoms with Crippen LogP contribution in [0.3, 0.4) is 0 Å². The second-order valence-electron chi connectivity index (χ2n) is 4.25. The molecular weight excluding hydrogens is 198 g/mol. The van der Waals surface area contributed by atoms with Crippen molar-refractivity contribution in [3.05, 3.63) is 35.6 Å². The largest absolute Gasteiger partial charge is 0.493 e. The number of ether oxygens (including phenoxy) is 1. The molecule has 0 saturated heterocycles. The van der Waals surface area contributed by atoms with Gasteiger partial charge in [-0.3, -0.25) is 0 Å². The predicted octanol–water partition coefficient (Wildman–Crippen LogP) is 3.43. The first kappa shape index (κ1) is 15.0. The van der Waals surface area contributed by atoms with Crippen molar-refractivity contribution in [1.29, 1.82) is 0 Å². The fourth-order valence-electron chi connectivity index (χ4n) is 1.24. The Bertz CT molecular complexity index is 260. The maximum atomic E-state index is 5.43. The molecule has 0 rings (SSSR count). The molecule has 0 aliphatic heterocycles. The minimum Gasteiger partial charge on any atom is -0.493 e. The summed E-state index contributed by atoms with van der Waals surface area (Å²) >= 11 is 0. The maximum Gasteiger partial charge on any atom is 0.106 e. The van der Waals surface area contributed by atoms with Crippen LogP contribution in [0.2, 0.25) is 0 Å². The second-order valence-corrected chi connectivity index (χ2v) is 4.25. The number of likely N-dealkylation sites (N-methyl/N-ethyl adjacent to an activating group) is 1. The van der Waals surface area contributed by atoms with Crippen molar-refractivity contribution >= 4 is 0 Å². The smallest absolute Gasteiger partial charge is 0.106 e. The Morgan fingerprint density at radius 1 is 1.25 bits per heavy atom. The van der Waals surface area contributed by atoms with Crippen molar-refractivity contribution in [3.8, 4) is 0 Å². The van der Waals surface area contributed by atoms with Gasteiger partial charge in [0.1, 0.15) is 12.4 Å². The van der Waals surface area contributed by atoms with E-state index in [4.69, 9.17) is 4.74 Å². The lowest BCUT2D eigenvalue weighted by atomic mass is 10.1. The van der Waals surface area contributed by atoms with Gasteiger partial charge in [-0.05, 0) is 46.7 Å². The van der Waals surface area contributed by atoms with Crippen molar-refractivity contribution in [2.75, 3.05) is 20.2 Å². The highest BCUT2D eigenvalue weighted by Gasteiger charge is 1.92. The lowest BCUT2D eigenvalue weighted by Crippen LogP contribution is -2.11. The SMILES string of the molecule is C=C(CNC)OC/C=C(\C)CCC=C(C)C. The number of rotatable bonds is 8. The molecule has 0 aromatic carbocycles. The zero-order valence-electron chi connectivity index (χ0n) is 11.1. The van der Waals surface area contributed by atoms with E-state index < -0.39 is 0 Å². The highest BCUT2D eigenvalue weighted by Crippen LogP contribution is 2.06. The molecule has 0 aromatic heterocycles. The summed E-state index contributed by atoms with van der Waals surface area (Å²) in [5, 5.41) is 3.00. The number of hydrogen-bond donors (Lipinski definition) is 1. The Kier molecular flexibility index (Phi) is 8.64. The minimum atomic E-state index is 0.626. The zero-order valence-corrected chi connectivity index (χ0v) is 11.1. The maximum absolute atomic E-state index is 5.43. The van der Waals surface area contributed by atoms with Gasteiger partial charge in [-0.2, -0.15) is 0 Å². The average molecular weight is 223 g/mol. The Hall–Kier alpha value is -1.02. The Labute approximate surface area is 100 Å². The van der Waals surface area contributed by atoms with Crippen molar-refractivity contribution in [2.24, 2.45) is 0 Å². The Balaban J connectivity index is 3.70. The molecule has 0 aliphatic carbocycles. The van der Waals surface area contributed by atoms with Crippen molar-refractivity contribution < 1.29 is 4.74 Å². The zero-order chi connectivity index (χ0) is 12.4. The van der Waals surface area contributed by atoms with E-state index >= 15 is 0 Å². The molecule has 2 nitrogen and oxygen atoms in total. The summed E-state index contributed by atoms with van der Waals surface area (Å²) in [4.78, 5) is 0. The summed E-state index contributed by atoms with van der Waals surface area (Å²) in [7, 11) is 1.88. The molecule has 0 amide bonds. The topological polar surface area (TPSA) is 21.3 Å². The fraction of sp³-hybridized carbons (Fsp3) is 0.571. The van der Waals surface area contributed by atoms with Crippen LogP contribution in [0.25, 0.3) is 0 Å². The molecule has 0 unspecified atom stereocenters. The molecule has 0 aromatic rings. The molecule has 0 atom stereocenters. The molecular formula is C14H25NO. The van der Waals surface area contributed by atoms with Gasteiger partial charge in [-0.15, -0.1) is 0 Å². The van der Waals surface area contributed by atoms with Crippen molar-refractivity contribution in [1.82, 2.24) is 5.32 Å². The molecule has 0 spiro atoms. The van der Waals surface area contributed by atoms with Crippen LogP contribution < -0.4 is 5.32 Å². The van der Waals surface area contributed by atoms with Crippen LogP contribution in [0.15, 0.2) is 35.6 Å². The van der Waals surface area contributed by atoms with Crippen LogP contribution in [0, 0.1) is 0 Å². The summed E-state index contributed by atoms with van der Waals surface area (Å²) in [6, 6.07) is 0. The first-order chi connectivity index (χ1) is 7.56. The van der Waals surface area contributed by atoms with Gasteiger partial charge < -0.3 is 10.1 Å². The van der Waals surface area contributed by atoms with Gasteiger partial charge in [0.15, 0.2) is 0 Å². The fourth-order valence-corrected chi connectivity index (χ4v) is 1.24. The van der Waals surface area contributed by atoms with Gasteiger partial charge >= 0.3 is 0 Å². The number of hydrogen-bond acceptors (Lipinski definition) is 2. The third kappa shape index (κ3) is 9.53. The van der Waals surface area contributed by atoms with Gasteiger partial charge in [0.25, 0.3) is 0 Å². The van der Waals surface area contributed by atoms with E-state index in [0.717, 1.165) is 18.6 Å².